The third-order valence-corrected chi connectivity index (χ3v) is 4.40. The van der Waals surface area contributed by atoms with Crippen LogP contribution in [0.1, 0.15) is 42.8 Å². The van der Waals surface area contributed by atoms with Gasteiger partial charge in [0, 0.05) is 30.7 Å². The number of alkyl halides is 3. The van der Waals surface area contributed by atoms with Crippen molar-refractivity contribution < 1.29 is 22.4 Å². The standard InChI is InChI=1S/C16H17F3N2O2/c1-14(2)9-15(22-3,7-10-8-21-23-13(10)14)12-11(16(17,18)19)5-4-6-20-12/h4-6,8H,7,9H2,1-3H3. The van der Waals surface area contributed by atoms with Crippen LogP contribution >= 0.6 is 0 Å². The largest absolute Gasteiger partial charge is 0.418 e. The first-order valence-corrected chi connectivity index (χ1v) is 7.21. The highest BCUT2D eigenvalue weighted by molar-refractivity contribution is 5.36. The van der Waals surface area contributed by atoms with E-state index in [2.05, 4.69) is 10.1 Å². The van der Waals surface area contributed by atoms with Crippen LogP contribution in [0, 0.1) is 0 Å². The zero-order chi connectivity index (χ0) is 16.9. The third-order valence-electron chi connectivity index (χ3n) is 4.40. The van der Waals surface area contributed by atoms with Gasteiger partial charge in [-0.15, -0.1) is 0 Å². The number of ether oxygens (including phenoxy) is 1. The van der Waals surface area contributed by atoms with Crippen LogP contribution in [-0.4, -0.2) is 17.3 Å². The molecule has 1 unspecified atom stereocenters. The summed E-state index contributed by atoms with van der Waals surface area (Å²) in [4.78, 5) is 4.04. The first-order valence-electron chi connectivity index (χ1n) is 7.21. The van der Waals surface area contributed by atoms with Gasteiger partial charge in [-0.05, 0) is 18.6 Å². The summed E-state index contributed by atoms with van der Waals surface area (Å²) in [7, 11) is 1.42. The second-order valence-electron chi connectivity index (χ2n) is 6.51. The summed E-state index contributed by atoms with van der Waals surface area (Å²) < 4.78 is 51.2. The van der Waals surface area contributed by atoms with E-state index in [1.54, 1.807) is 6.20 Å². The van der Waals surface area contributed by atoms with E-state index in [9.17, 15) is 13.2 Å². The molecule has 2 heterocycles. The Hall–Kier alpha value is -1.89. The van der Waals surface area contributed by atoms with E-state index in [4.69, 9.17) is 9.26 Å². The zero-order valence-corrected chi connectivity index (χ0v) is 13.1. The van der Waals surface area contributed by atoms with Crippen LogP contribution in [0.3, 0.4) is 0 Å². The summed E-state index contributed by atoms with van der Waals surface area (Å²) in [6.07, 6.45) is -1.03. The monoisotopic (exact) mass is 326 g/mol. The van der Waals surface area contributed by atoms with Crippen molar-refractivity contribution in [3.63, 3.8) is 0 Å². The molecule has 2 aromatic heterocycles. The molecule has 2 aromatic rings. The third kappa shape index (κ3) is 2.52. The topological polar surface area (TPSA) is 48.2 Å². The molecule has 1 aliphatic rings. The van der Waals surface area contributed by atoms with Crippen molar-refractivity contribution in [3.05, 3.63) is 47.1 Å². The lowest BCUT2D eigenvalue weighted by Gasteiger charge is -2.42. The van der Waals surface area contributed by atoms with Crippen LogP contribution in [0.5, 0.6) is 0 Å². The molecule has 1 aliphatic carbocycles. The smallest absolute Gasteiger partial charge is 0.372 e. The molecule has 0 N–H and O–H groups in total. The molecule has 3 rings (SSSR count). The van der Waals surface area contributed by atoms with Gasteiger partial charge in [-0.3, -0.25) is 4.98 Å². The van der Waals surface area contributed by atoms with Gasteiger partial charge < -0.3 is 9.26 Å². The maximum atomic E-state index is 13.4. The molecule has 0 radical (unpaired) electrons. The first kappa shape index (κ1) is 16.0. The van der Waals surface area contributed by atoms with E-state index < -0.39 is 22.8 Å². The Morgan fingerprint density at radius 1 is 1.30 bits per heavy atom. The van der Waals surface area contributed by atoms with Gasteiger partial charge in [-0.1, -0.05) is 19.0 Å². The maximum absolute atomic E-state index is 13.4. The molecular weight excluding hydrogens is 309 g/mol. The van der Waals surface area contributed by atoms with Crippen molar-refractivity contribution in [3.8, 4) is 0 Å². The quantitative estimate of drug-likeness (QED) is 0.841. The van der Waals surface area contributed by atoms with E-state index in [-0.39, 0.29) is 12.1 Å². The highest BCUT2D eigenvalue weighted by Crippen LogP contribution is 2.49. The fourth-order valence-electron chi connectivity index (χ4n) is 3.51. The van der Waals surface area contributed by atoms with Crippen molar-refractivity contribution in [1.82, 2.24) is 10.1 Å². The van der Waals surface area contributed by atoms with Crippen molar-refractivity contribution in [2.75, 3.05) is 7.11 Å². The maximum Gasteiger partial charge on any atom is 0.418 e. The van der Waals surface area contributed by atoms with Crippen LogP contribution in [0.4, 0.5) is 13.2 Å². The molecule has 23 heavy (non-hydrogen) atoms. The number of hydrogen-bond donors (Lipinski definition) is 0. The number of halogens is 3. The molecule has 0 saturated heterocycles. The molecule has 124 valence electrons. The molecule has 0 bridgehead atoms. The molecule has 0 aromatic carbocycles. The van der Waals surface area contributed by atoms with E-state index in [0.29, 0.717) is 12.2 Å². The van der Waals surface area contributed by atoms with Gasteiger partial charge in [-0.2, -0.15) is 13.2 Å². The molecule has 4 nitrogen and oxygen atoms in total. The molecule has 0 aliphatic heterocycles. The SMILES string of the molecule is COC1(c2ncccc2C(F)(F)F)Cc2cnoc2C(C)(C)C1. The van der Waals surface area contributed by atoms with Gasteiger partial charge in [0.05, 0.1) is 17.5 Å². The lowest BCUT2D eigenvalue weighted by molar-refractivity contribution is -0.143. The normalized spacial score (nSPS) is 23.6. The molecule has 1 atom stereocenters. The molecular formula is C16H17F3N2O2. The Balaban J connectivity index is 2.19. The predicted molar refractivity (Wildman–Crippen MR) is 75.8 cm³/mol. The van der Waals surface area contributed by atoms with Gasteiger partial charge >= 0.3 is 6.18 Å². The van der Waals surface area contributed by atoms with Crippen LogP contribution in [0.15, 0.2) is 29.0 Å². The minimum atomic E-state index is -4.49. The number of methoxy groups -OCH3 is 1. The summed E-state index contributed by atoms with van der Waals surface area (Å²) in [6.45, 7) is 3.81. The van der Waals surface area contributed by atoms with Crippen molar-refractivity contribution in [2.45, 2.75) is 43.9 Å². The van der Waals surface area contributed by atoms with E-state index in [1.165, 1.54) is 19.4 Å². The van der Waals surface area contributed by atoms with Gasteiger partial charge in [0.2, 0.25) is 0 Å². The zero-order valence-electron chi connectivity index (χ0n) is 13.1. The van der Waals surface area contributed by atoms with Gasteiger partial charge in [0.15, 0.2) is 0 Å². The van der Waals surface area contributed by atoms with Gasteiger partial charge in [0.25, 0.3) is 0 Å². The Morgan fingerprint density at radius 2 is 2.04 bits per heavy atom. The minimum Gasteiger partial charge on any atom is -0.372 e. The minimum absolute atomic E-state index is 0.0880. The fraction of sp³-hybridized carbons (Fsp3) is 0.500. The lowest BCUT2D eigenvalue weighted by Crippen LogP contribution is -2.44. The number of rotatable bonds is 2. The highest BCUT2D eigenvalue weighted by atomic mass is 19.4. The summed E-state index contributed by atoms with van der Waals surface area (Å²) in [6, 6.07) is 2.33. The first-order chi connectivity index (χ1) is 10.7. The average Bonchev–Trinajstić information content (AvgIpc) is 2.95. The number of nitrogens with zero attached hydrogens (tertiary/aromatic N) is 2. The Labute approximate surface area is 131 Å². The molecule has 7 heteroatoms. The Kier molecular flexibility index (Phi) is 3.51. The fourth-order valence-corrected chi connectivity index (χ4v) is 3.51. The van der Waals surface area contributed by atoms with Gasteiger partial charge in [0.1, 0.15) is 11.4 Å². The number of hydrogen-bond acceptors (Lipinski definition) is 4. The van der Waals surface area contributed by atoms with Crippen molar-refractivity contribution in [2.24, 2.45) is 0 Å². The molecule has 0 fully saturated rings. The average molecular weight is 326 g/mol. The number of pyridine rings is 1. The lowest BCUT2D eigenvalue weighted by atomic mass is 9.68. The Morgan fingerprint density at radius 3 is 2.70 bits per heavy atom. The summed E-state index contributed by atoms with van der Waals surface area (Å²) in [5.74, 6) is 0.690. The van der Waals surface area contributed by atoms with Crippen LogP contribution in [0.25, 0.3) is 0 Å². The second-order valence-corrected chi connectivity index (χ2v) is 6.51. The van der Waals surface area contributed by atoms with E-state index in [0.717, 1.165) is 11.6 Å². The summed E-state index contributed by atoms with van der Waals surface area (Å²) in [5.41, 5.74) is -1.79. The van der Waals surface area contributed by atoms with Crippen molar-refractivity contribution >= 4 is 0 Å². The van der Waals surface area contributed by atoms with Crippen molar-refractivity contribution in [1.29, 1.82) is 0 Å². The summed E-state index contributed by atoms with van der Waals surface area (Å²) in [5, 5.41) is 3.79. The molecule has 0 amide bonds. The molecule has 0 saturated carbocycles. The molecule has 0 spiro atoms. The van der Waals surface area contributed by atoms with E-state index in [1.807, 2.05) is 13.8 Å². The number of aromatic nitrogens is 2. The second kappa shape index (κ2) is 5.06. The Bertz CT molecular complexity index is 724. The van der Waals surface area contributed by atoms with E-state index >= 15 is 0 Å². The highest BCUT2D eigenvalue weighted by Gasteiger charge is 2.51. The predicted octanol–water partition coefficient (Wildman–Crippen LogP) is 3.85. The van der Waals surface area contributed by atoms with Crippen LogP contribution in [-0.2, 0) is 28.4 Å². The van der Waals surface area contributed by atoms with Crippen LogP contribution in [0.2, 0.25) is 0 Å². The number of fused-ring (bicyclic) bond motifs is 1. The summed E-state index contributed by atoms with van der Waals surface area (Å²) >= 11 is 0. The van der Waals surface area contributed by atoms with Crippen LogP contribution < -0.4 is 0 Å². The van der Waals surface area contributed by atoms with Gasteiger partial charge in [-0.25, -0.2) is 0 Å².